The smallest absolute Gasteiger partial charge is 0.277 e. The molecule has 134 valence electrons. The standard InChI is InChI=1S/C15H14N6O2S3/c1-4-10-20-21-11(22)5-9(17-14(21)26-10)6-24-15-19-18-13(23-15)12-7(2)16-8(3)25-12/h5H,4,6H2,1-3H3. The number of aromatic nitrogens is 6. The third-order valence-corrected chi connectivity index (χ3v) is 6.46. The number of aryl methyl sites for hydroxylation is 3. The Morgan fingerprint density at radius 1 is 1.23 bits per heavy atom. The van der Waals surface area contributed by atoms with Crippen LogP contribution in [0.25, 0.3) is 15.7 Å². The van der Waals surface area contributed by atoms with E-state index >= 15 is 0 Å². The highest BCUT2D eigenvalue weighted by atomic mass is 32.2. The summed E-state index contributed by atoms with van der Waals surface area (Å²) in [7, 11) is 0. The van der Waals surface area contributed by atoms with Crippen LogP contribution in [0.1, 0.15) is 28.3 Å². The normalized spacial score (nSPS) is 11.5. The van der Waals surface area contributed by atoms with Crippen LogP contribution in [0.5, 0.6) is 0 Å². The third kappa shape index (κ3) is 3.29. The molecular weight excluding hydrogens is 392 g/mol. The van der Waals surface area contributed by atoms with Crippen molar-refractivity contribution in [3.63, 3.8) is 0 Å². The van der Waals surface area contributed by atoms with Gasteiger partial charge in [-0.1, -0.05) is 30.0 Å². The van der Waals surface area contributed by atoms with Crippen LogP contribution in [0.4, 0.5) is 0 Å². The Bertz CT molecular complexity index is 1140. The molecule has 0 aliphatic heterocycles. The van der Waals surface area contributed by atoms with Crippen molar-refractivity contribution >= 4 is 39.4 Å². The van der Waals surface area contributed by atoms with Crippen molar-refractivity contribution in [1.29, 1.82) is 0 Å². The molecule has 0 atom stereocenters. The van der Waals surface area contributed by atoms with Crippen LogP contribution in [0.15, 0.2) is 20.5 Å². The van der Waals surface area contributed by atoms with Gasteiger partial charge in [0.1, 0.15) is 9.88 Å². The first-order valence-electron chi connectivity index (χ1n) is 7.83. The van der Waals surface area contributed by atoms with Gasteiger partial charge in [0.2, 0.25) is 4.96 Å². The summed E-state index contributed by atoms with van der Waals surface area (Å²) in [6.07, 6.45) is 0.777. The molecule has 0 aromatic carbocycles. The van der Waals surface area contributed by atoms with Gasteiger partial charge in [-0.3, -0.25) is 4.79 Å². The van der Waals surface area contributed by atoms with E-state index in [1.165, 1.54) is 45.0 Å². The van der Waals surface area contributed by atoms with Gasteiger partial charge in [-0.25, -0.2) is 9.97 Å². The zero-order valence-corrected chi connectivity index (χ0v) is 16.7. The minimum absolute atomic E-state index is 0.177. The highest BCUT2D eigenvalue weighted by Gasteiger charge is 2.16. The largest absolute Gasteiger partial charge is 0.410 e. The molecule has 4 heterocycles. The fourth-order valence-electron chi connectivity index (χ4n) is 2.34. The summed E-state index contributed by atoms with van der Waals surface area (Å²) in [5.41, 5.74) is 1.36. The van der Waals surface area contributed by atoms with Crippen LogP contribution < -0.4 is 5.56 Å². The summed E-state index contributed by atoms with van der Waals surface area (Å²) in [4.78, 5) is 22.5. The molecule has 0 saturated carbocycles. The van der Waals surface area contributed by atoms with Crippen LogP contribution in [0, 0.1) is 13.8 Å². The predicted molar refractivity (Wildman–Crippen MR) is 101 cm³/mol. The van der Waals surface area contributed by atoms with Crippen molar-refractivity contribution in [2.24, 2.45) is 0 Å². The molecule has 8 nitrogen and oxygen atoms in total. The Morgan fingerprint density at radius 3 is 2.81 bits per heavy atom. The summed E-state index contributed by atoms with van der Waals surface area (Å²) in [6, 6.07) is 1.49. The molecule has 0 fully saturated rings. The molecule has 0 radical (unpaired) electrons. The van der Waals surface area contributed by atoms with E-state index < -0.39 is 0 Å². The molecule has 0 amide bonds. The fourth-order valence-corrected chi connectivity index (χ4v) is 4.69. The summed E-state index contributed by atoms with van der Waals surface area (Å²) >= 11 is 4.30. The van der Waals surface area contributed by atoms with Crippen molar-refractivity contribution in [2.75, 3.05) is 0 Å². The van der Waals surface area contributed by atoms with E-state index in [9.17, 15) is 4.79 Å². The second kappa shape index (κ2) is 6.89. The van der Waals surface area contributed by atoms with E-state index in [0.29, 0.717) is 27.5 Å². The molecule has 26 heavy (non-hydrogen) atoms. The second-order valence-electron chi connectivity index (χ2n) is 5.44. The van der Waals surface area contributed by atoms with Gasteiger partial charge in [0.05, 0.1) is 16.4 Å². The number of hydrogen-bond acceptors (Lipinski definition) is 10. The number of thiazole rings is 1. The number of nitrogens with zero attached hydrogens (tertiary/aromatic N) is 6. The minimum atomic E-state index is -0.177. The van der Waals surface area contributed by atoms with Crippen molar-refractivity contribution in [3.8, 4) is 10.8 Å². The molecule has 0 aliphatic carbocycles. The first-order chi connectivity index (χ1) is 12.5. The molecule has 0 aliphatic rings. The van der Waals surface area contributed by atoms with E-state index in [-0.39, 0.29) is 5.56 Å². The Morgan fingerprint density at radius 2 is 2.08 bits per heavy atom. The van der Waals surface area contributed by atoms with E-state index in [2.05, 4.69) is 25.3 Å². The monoisotopic (exact) mass is 406 g/mol. The molecule has 0 bridgehead atoms. The van der Waals surface area contributed by atoms with Crippen molar-refractivity contribution < 1.29 is 4.42 Å². The van der Waals surface area contributed by atoms with Crippen LogP contribution in [0.2, 0.25) is 0 Å². The molecule has 0 unspecified atom stereocenters. The third-order valence-electron chi connectivity index (χ3n) is 3.49. The first-order valence-corrected chi connectivity index (χ1v) is 10.4. The van der Waals surface area contributed by atoms with Crippen LogP contribution in [-0.4, -0.2) is 29.8 Å². The zero-order valence-electron chi connectivity index (χ0n) is 14.2. The topological polar surface area (TPSA) is 99.1 Å². The number of rotatable bonds is 5. The van der Waals surface area contributed by atoms with Gasteiger partial charge >= 0.3 is 0 Å². The van der Waals surface area contributed by atoms with Gasteiger partial charge in [0.25, 0.3) is 16.7 Å². The van der Waals surface area contributed by atoms with Crippen molar-refractivity contribution in [1.82, 2.24) is 29.8 Å². The lowest BCUT2D eigenvalue weighted by Crippen LogP contribution is -2.15. The lowest BCUT2D eigenvalue weighted by molar-refractivity contribution is 0.466. The van der Waals surface area contributed by atoms with Gasteiger partial charge in [-0.2, -0.15) is 9.61 Å². The lowest BCUT2D eigenvalue weighted by Gasteiger charge is -1.97. The molecule has 4 aromatic heterocycles. The van der Waals surface area contributed by atoms with Crippen LogP contribution in [-0.2, 0) is 12.2 Å². The Kier molecular flexibility index (Phi) is 4.59. The predicted octanol–water partition coefficient (Wildman–Crippen LogP) is 3.13. The summed E-state index contributed by atoms with van der Waals surface area (Å²) < 4.78 is 7.06. The Labute approximate surface area is 160 Å². The van der Waals surface area contributed by atoms with Crippen LogP contribution in [0.3, 0.4) is 0 Å². The molecule has 0 saturated heterocycles. The van der Waals surface area contributed by atoms with Gasteiger partial charge in [-0.05, 0) is 20.3 Å². The Balaban J connectivity index is 1.53. The molecule has 0 spiro atoms. The average Bonchev–Trinajstić information content (AvgIpc) is 3.31. The summed E-state index contributed by atoms with van der Waals surface area (Å²) in [6.45, 7) is 5.86. The number of hydrogen-bond donors (Lipinski definition) is 0. The van der Waals surface area contributed by atoms with Gasteiger partial charge < -0.3 is 4.42 Å². The SMILES string of the molecule is CCc1nn2c(=O)cc(CSc3nnc(-c4sc(C)nc4C)o3)nc2s1. The summed E-state index contributed by atoms with van der Waals surface area (Å²) in [5.74, 6) is 0.932. The van der Waals surface area contributed by atoms with Gasteiger partial charge in [0, 0.05) is 11.8 Å². The molecular formula is C15H14N6O2S3. The molecule has 4 rings (SSSR count). The lowest BCUT2D eigenvalue weighted by atomic mass is 10.4. The average molecular weight is 407 g/mol. The zero-order chi connectivity index (χ0) is 18.3. The highest BCUT2D eigenvalue weighted by Crippen LogP contribution is 2.31. The Hall–Kier alpha value is -2.11. The summed E-state index contributed by atoms with van der Waals surface area (Å²) in [5, 5.41) is 14.7. The van der Waals surface area contributed by atoms with Crippen molar-refractivity contribution in [2.45, 2.75) is 38.2 Å². The van der Waals surface area contributed by atoms with Gasteiger partial charge in [-0.15, -0.1) is 21.5 Å². The quantitative estimate of drug-likeness (QED) is 0.466. The molecule has 11 heteroatoms. The molecule has 4 aromatic rings. The van der Waals surface area contributed by atoms with E-state index in [1.807, 2.05) is 20.8 Å². The maximum atomic E-state index is 12.2. The molecule has 0 N–H and O–H groups in total. The fraction of sp³-hybridized carbons (Fsp3) is 0.333. The first kappa shape index (κ1) is 17.3. The van der Waals surface area contributed by atoms with Gasteiger partial charge in [0.15, 0.2) is 0 Å². The number of fused-ring (bicyclic) bond motifs is 1. The van der Waals surface area contributed by atoms with E-state index in [1.54, 1.807) is 0 Å². The highest BCUT2D eigenvalue weighted by molar-refractivity contribution is 7.98. The maximum Gasteiger partial charge on any atom is 0.277 e. The van der Waals surface area contributed by atoms with Crippen LogP contribution >= 0.6 is 34.4 Å². The minimum Gasteiger partial charge on any atom is -0.410 e. The van der Waals surface area contributed by atoms with E-state index in [4.69, 9.17) is 4.42 Å². The second-order valence-corrected chi connectivity index (χ2v) is 8.61. The van der Waals surface area contributed by atoms with Crippen molar-refractivity contribution in [3.05, 3.63) is 37.8 Å². The van der Waals surface area contributed by atoms with E-state index in [0.717, 1.165) is 27.0 Å². The maximum absolute atomic E-state index is 12.2. The number of thioether (sulfide) groups is 1.